The summed E-state index contributed by atoms with van der Waals surface area (Å²) in [4.78, 5) is 12.4. The van der Waals surface area contributed by atoms with Gasteiger partial charge < -0.3 is 10.1 Å². The second kappa shape index (κ2) is 12.0. The molecule has 0 aliphatic heterocycles. The van der Waals surface area contributed by atoms with Crippen molar-refractivity contribution in [2.75, 3.05) is 16.2 Å². The number of ether oxygens (including phenoxy) is 1. The molecule has 0 fully saturated rings. The second-order valence-corrected chi connectivity index (χ2v) is 11.1. The Balaban J connectivity index is 1.51. The molecule has 0 saturated heterocycles. The van der Waals surface area contributed by atoms with E-state index in [0.29, 0.717) is 16.3 Å². The molecule has 1 N–H and O–H groups in total. The Bertz CT molecular complexity index is 1580. The highest BCUT2D eigenvalue weighted by atomic mass is 35.5. The fourth-order valence-electron chi connectivity index (χ4n) is 3.79. The van der Waals surface area contributed by atoms with E-state index in [4.69, 9.17) is 16.3 Å². The normalized spacial score (nSPS) is 11.6. The fraction of sp³-hybridized carbons (Fsp3) is 0.138. The molecule has 0 unspecified atom stereocenters. The van der Waals surface area contributed by atoms with Crippen molar-refractivity contribution in [3.8, 4) is 5.75 Å². The van der Waals surface area contributed by atoms with Crippen LogP contribution in [0.15, 0.2) is 102 Å². The summed E-state index contributed by atoms with van der Waals surface area (Å²) in [5.41, 5.74) is 0.611. The van der Waals surface area contributed by atoms with Crippen molar-refractivity contribution in [2.24, 2.45) is 0 Å². The Kier molecular flexibility index (Phi) is 8.70. The topological polar surface area (TPSA) is 75.7 Å². The molecule has 4 aromatic rings. The largest absolute Gasteiger partial charge is 0.484 e. The molecule has 208 valence electrons. The number of carbonyl (C=O) groups is 1. The molecule has 0 saturated carbocycles. The van der Waals surface area contributed by atoms with E-state index < -0.39 is 34.3 Å². The maximum absolute atomic E-state index is 13.6. The van der Waals surface area contributed by atoms with Crippen molar-refractivity contribution in [1.29, 1.82) is 0 Å². The SMILES string of the molecule is Cc1ccc(S(=O)(=O)N(Cc2ccc(Cl)cc2)c2ccc(OCC(=O)Nc3ccccc3C(F)(F)F)cc2)cc1. The van der Waals surface area contributed by atoms with Crippen LogP contribution in [-0.2, 0) is 27.5 Å². The van der Waals surface area contributed by atoms with E-state index in [9.17, 15) is 26.4 Å². The van der Waals surface area contributed by atoms with Gasteiger partial charge in [0.05, 0.1) is 28.4 Å². The Morgan fingerprint density at radius 1 is 0.900 bits per heavy atom. The van der Waals surface area contributed by atoms with Gasteiger partial charge in [0.25, 0.3) is 15.9 Å². The highest BCUT2D eigenvalue weighted by molar-refractivity contribution is 7.92. The highest BCUT2D eigenvalue weighted by Crippen LogP contribution is 2.34. The summed E-state index contributed by atoms with van der Waals surface area (Å²) in [6.45, 7) is 1.33. The molecule has 0 radical (unpaired) electrons. The van der Waals surface area contributed by atoms with Crippen molar-refractivity contribution in [2.45, 2.75) is 24.5 Å². The van der Waals surface area contributed by atoms with Crippen molar-refractivity contribution >= 4 is 38.9 Å². The highest BCUT2D eigenvalue weighted by Gasteiger charge is 2.33. The first-order valence-electron chi connectivity index (χ1n) is 12.0. The summed E-state index contributed by atoms with van der Waals surface area (Å²) < 4.78 is 73.5. The lowest BCUT2D eigenvalue weighted by Gasteiger charge is -2.25. The van der Waals surface area contributed by atoms with Gasteiger partial charge >= 0.3 is 6.18 Å². The van der Waals surface area contributed by atoms with E-state index >= 15 is 0 Å². The van der Waals surface area contributed by atoms with Crippen molar-refractivity contribution in [3.63, 3.8) is 0 Å². The maximum Gasteiger partial charge on any atom is 0.418 e. The van der Waals surface area contributed by atoms with Gasteiger partial charge in [-0.3, -0.25) is 9.10 Å². The zero-order chi connectivity index (χ0) is 28.9. The van der Waals surface area contributed by atoms with E-state index in [1.54, 1.807) is 36.4 Å². The minimum absolute atomic E-state index is 0.0224. The number of hydrogen-bond donors (Lipinski definition) is 1. The maximum atomic E-state index is 13.6. The van der Waals surface area contributed by atoms with Crippen LogP contribution < -0.4 is 14.4 Å². The first kappa shape index (κ1) is 29.0. The molecular formula is C29H24ClF3N2O4S. The molecule has 11 heteroatoms. The van der Waals surface area contributed by atoms with E-state index in [0.717, 1.165) is 17.7 Å². The number of alkyl halides is 3. The number of para-hydroxylation sites is 1. The Morgan fingerprint density at radius 2 is 1.52 bits per heavy atom. The quantitative estimate of drug-likeness (QED) is 0.227. The van der Waals surface area contributed by atoms with Crippen molar-refractivity contribution in [1.82, 2.24) is 0 Å². The zero-order valence-corrected chi connectivity index (χ0v) is 22.7. The predicted octanol–water partition coefficient (Wildman–Crippen LogP) is 7.08. The number of carbonyl (C=O) groups excluding carboxylic acids is 1. The van der Waals surface area contributed by atoms with Crippen LogP contribution in [0.1, 0.15) is 16.7 Å². The van der Waals surface area contributed by atoms with Gasteiger partial charge in [0.15, 0.2) is 6.61 Å². The van der Waals surface area contributed by atoms with E-state index in [-0.39, 0.29) is 22.9 Å². The third-order valence-corrected chi connectivity index (χ3v) is 7.89. The number of hydrogen-bond acceptors (Lipinski definition) is 4. The Labute approximate surface area is 235 Å². The second-order valence-electron chi connectivity index (χ2n) is 8.83. The van der Waals surface area contributed by atoms with Crippen LogP contribution in [0.3, 0.4) is 0 Å². The smallest absolute Gasteiger partial charge is 0.418 e. The number of anilines is 2. The van der Waals surface area contributed by atoms with Crippen LogP contribution in [0.25, 0.3) is 0 Å². The summed E-state index contributed by atoms with van der Waals surface area (Å²) in [6, 6.07) is 23.9. The van der Waals surface area contributed by atoms with Crippen LogP contribution in [-0.4, -0.2) is 20.9 Å². The van der Waals surface area contributed by atoms with Crippen LogP contribution in [0.2, 0.25) is 5.02 Å². The molecule has 0 aromatic heterocycles. The lowest BCUT2D eigenvalue weighted by molar-refractivity contribution is -0.137. The number of aryl methyl sites for hydroxylation is 1. The zero-order valence-electron chi connectivity index (χ0n) is 21.2. The molecule has 0 aliphatic rings. The van der Waals surface area contributed by atoms with Crippen LogP contribution >= 0.6 is 11.6 Å². The molecule has 1 amide bonds. The summed E-state index contributed by atoms with van der Waals surface area (Å²) in [7, 11) is -3.97. The molecule has 0 aliphatic carbocycles. The first-order valence-corrected chi connectivity index (χ1v) is 13.8. The number of nitrogens with one attached hydrogen (secondary N) is 1. The van der Waals surface area contributed by atoms with Crippen molar-refractivity contribution < 1.29 is 31.1 Å². The molecule has 4 rings (SSSR count). The van der Waals surface area contributed by atoms with Gasteiger partial charge in [-0.05, 0) is 73.2 Å². The van der Waals surface area contributed by atoms with Gasteiger partial charge in [0.2, 0.25) is 0 Å². The Morgan fingerprint density at radius 3 is 2.15 bits per heavy atom. The summed E-state index contributed by atoms with van der Waals surface area (Å²) in [5.74, 6) is -0.561. The van der Waals surface area contributed by atoms with Crippen molar-refractivity contribution in [3.05, 3.63) is 119 Å². The van der Waals surface area contributed by atoms with Crippen LogP contribution in [0.4, 0.5) is 24.5 Å². The monoisotopic (exact) mass is 588 g/mol. The molecule has 6 nitrogen and oxygen atoms in total. The summed E-state index contributed by atoms with van der Waals surface area (Å²) in [6.07, 6.45) is -4.63. The number of halogens is 4. The van der Waals surface area contributed by atoms with Gasteiger partial charge in [-0.15, -0.1) is 0 Å². The lowest BCUT2D eigenvalue weighted by atomic mass is 10.1. The van der Waals surface area contributed by atoms with Gasteiger partial charge in [-0.1, -0.05) is 53.6 Å². The Hall–Kier alpha value is -4.02. The number of sulfonamides is 1. The number of benzene rings is 4. The lowest BCUT2D eigenvalue weighted by Crippen LogP contribution is -2.30. The average Bonchev–Trinajstić information content (AvgIpc) is 2.92. The first-order chi connectivity index (χ1) is 18.9. The van der Waals surface area contributed by atoms with E-state index in [2.05, 4.69) is 5.32 Å². The summed E-state index contributed by atoms with van der Waals surface area (Å²) in [5, 5.41) is 2.73. The number of nitrogens with zero attached hydrogens (tertiary/aromatic N) is 1. The van der Waals surface area contributed by atoms with Crippen LogP contribution in [0.5, 0.6) is 5.75 Å². The van der Waals surface area contributed by atoms with E-state index in [1.165, 1.54) is 52.8 Å². The number of rotatable bonds is 9. The molecule has 0 spiro atoms. The van der Waals surface area contributed by atoms with Crippen LogP contribution in [0, 0.1) is 6.92 Å². The predicted molar refractivity (Wildman–Crippen MR) is 148 cm³/mol. The third kappa shape index (κ3) is 7.13. The van der Waals surface area contributed by atoms with Gasteiger partial charge in [-0.25, -0.2) is 8.42 Å². The molecule has 0 atom stereocenters. The van der Waals surface area contributed by atoms with Gasteiger partial charge in [0.1, 0.15) is 5.75 Å². The molecule has 4 aromatic carbocycles. The molecular weight excluding hydrogens is 565 g/mol. The number of amides is 1. The average molecular weight is 589 g/mol. The summed E-state index contributed by atoms with van der Waals surface area (Å²) >= 11 is 5.98. The standard InChI is InChI=1S/C29H24ClF3N2O4S/c1-20-6-16-25(17-7-20)40(37,38)35(18-21-8-10-22(30)11-9-21)23-12-14-24(15-13-23)39-19-28(36)34-27-5-3-2-4-26(27)29(31,32)33/h2-17H,18-19H2,1H3,(H,34,36). The van der Waals surface area contributed by atoms with E-state index in [1.807, 2.05) is 6.92 Å². The molecule has 0 heterocycles. The van der Waals surface area contributed by atoms with Gasteiger partial charge in [-0.2, -0.15) is 13.2 Å². The molecule has 40 heavy (non-hydrogen) atoms. The fourth-order valence-corrected chi connectivity index (χ4v) is 5.37. The van der Waals surface area contributed by atoms with Gasteiger partial charge in [0, 0.05) is 5.02 Å². The minimum Gasteiger partial charge on any atom is -0.484 e. The minimum atomic E-state index is -4.63. The third-order valence-electron chi connectivity index (χ3n) is 5.85. The molecule has 0 bridgehead atoms.